The van der Waals surface area contributed by atoms with Gasteiger partial charge in [0.25, 0.3) is 0 Å². The Bertz CT molecular complexity index is 551. The number of hydrogen-bond donors (Lipinski definition) is 1. The van der Waals surface area contributed by atoms with E-state index in [1.807, 2.05) is 12.1 Å². The molecule has 3 nitrogen and oxygen atoms in total. The number of pyridine rings is 1. The van der Waals surface area contributed by atoms with Crippen molar-refractivity contribution in [3.05, 3.63) is 48.2 Å². The minimum Gasteiger partial charge on any atom is -0.396 e. The summed E-state index contributed by atoms with van der Waals surface area (Å²) in [5.74, 6) is 0.866. The number of anilines is 3. The van der Waals surface area contributed by atoms with E-state index >= 15 is 0 Å². The molecule has 0 spiro atoms. The second kappa shape index (κ2) is 3.77. The van der Waals surface area contributed by atoms with Crippen LogP contribution in [0.1, 0.15) is 12.5 Å². The molecule has 1 unspecified atom stereocenters. The Morgan fingerprint density at radius 2 is 2.06 bits per heavy atom. The van der Waals surface area contributed by atoms with Gasteiger partial charge in [-0.25, -0.2) is 4.98 Å². The van der Waals surface area contributed by atoms with Crippen molar-refractivity contribution in [1.29, 1.82) is 0 Å². The van der Waals surface area contributed by atoms with Crippen LogP contribution in [-0.4, -0.2) is 11.0 Å². The third-order valence-corrected chi connectivity index (χ3v) is 3.25. The number of fused-ring (bicyclic) bond motifs is 1. The van der Waals surface area contributed by atoms with Gasteiger partial charge in [0.05, 0.1) is 5.69 Å². The molecule has 17 heavy (non-hydrogen) atoms. The second-order valence-corrected chi connectivity index (χ2v) is 4.47. The van der Waals surface area contributed by atoms with Gasteiger partial charge in [0, 0.05) is 17.9 Å². The van der Waals surface area contributed by atoms with Gasteiger partial charge in [-0.15, -0.1) is 0 Å². The number of para-hydroxylation sites is 1. The number of hydrogen-bond acceptors (Lipinski definition) is 3. The SMILES string of the molecule is CC1Cc2ccccc2N1c1ncccc1N. The predicted octanol–water partition coefficient (Wildman–Crippen LogP) is 2.75. The quantitative estimate of drug-likeness (QED) is 0.811. The standard InChI is InChI=1S/C14H15N3/c1-10-9-11-5-2-3-7-13(11)17(10)14-12(15)6-4-8-16-14/h2-8,10H,9,15H2,1H3. The van der Waals surface area contributed by atoms with E-state index in [1.54, 1.807) is 6.20 Å². The first kappa shape index (κ1) is 10.1. The molecule has 0 bridgehead atoms. The molecule has 1 atom stereocenters. The summed E-state index contributed by atoms with van der Waals surface area (Å²) in [6, 6.07) is 12.6. The van der Waals surface area contributed by atoms with Crippen LogP contribution < -0.4 is 10.6 Å². The van der Waals surface area contributed by atoms with Crippen LogP contribution in [0.3, 0.4) is 0 Å². The normalized spacial score (nSPS) is 18.2. The topological polar surface area (TPSA) is 42.2 Å². The van der Waals surface area contributed by atoms with Gasteiger partial charge in [-0.1, -0.05) is 18.2 Å². The lowest BCUT2D eigenvalue weighted by Gasteiger charge is -2.24. The van der Waals surface area contributed by atoms with Gasteiger partial charge < -0.3 is 10.6 Å². The van der Waals surface area contributed by atoms with E-state index in [-0.39, 0.29) is 0 Å². The highest BCUT2D eigenvalue weighted by atomic mass is 15.2. The van der Waals surface area contributed by atoms with E-state index in [0.717, 1.165) is 17.9 Å². The van der Waals surface area contributed by atoms with Crippen LogP contribution in [0.5, 0.6) is 0 Å². The van der Waals surface area contributed by atoms with Crippen molar-refractivity contribution in [3.8, 4) is 0 Å². The molecule has 2 aromatic rings. The highest BCUT2D eigenvalue weighted by Gasteiger charge is 2.28. The van der Waals surface area contributed by atoms with Gasteiger partial charge in [0.15, 0.2) is 5.82 Å². The van der Waals surface area contributed by atoms with Gasteiger partial charge >= 0.3 is 0 Å². The van der Waals surface area contributed by atoms with Gasteiger partial charge in [-0.3, -0.25) is 0 Å². The van der Waals surface area contributed by atoms with Crippen molar-refractivity contribution in [2.45, 2.75) is 19.4 Å². The van der Waals surface area contributed by atoms with Gasteiger partial charge in [0.2, 0.25) is 0 Å². The maximum atomic E-state index is 6.02. The van der Waals surface area contributed by atoms with E-state index in [2.05, 4.69) is 41.1 Å². The van der Waals surface area contributed by atoms with E-state index in [9.17, 15) is 0 Å². The van der Waals surface area contributed by atoms with Crippen LogP contribution >= 0.6 is 0 Å². The Balaban J connectivity index is 2.13. The molecule has 0 saturated heterocycles. The molecule has 1 aromatic carbocycles. The molecule has 3 rings (SSSR count). The lowest BCUT2D eigenvalue weighted by atomic mass is 10.1. The maximum absolute atomic E-state index is 6.02. The minimum atomic E-state index is 0.407. The summed E-state index contributed by atoms with van der Waals surface area (Å²) < 4.78 is 0. The summed E-state index contributed by atoms with van der Waals surface area (Å²) in [7, 11) is 0. The highest BCUT2D eigenvalue weighted by molar-refractivity contribution is 5.75. The lowest BCUT2D eigenvalue weighted by Crippen LogP contribution is -2.25. The number of nitrogen functional groups attached to an aromatic ring is 1. The fourth-order valence-electron chi connectivity index (χ4n) is 2.50. The van der Waals surface area contributed by atoms with Crippen molar-refractivity contribution >= 4 is 17.2 Å². The van der Waals surface area contributed by atoms with Crippen molar-refractivity contribution in [3.63, 3.8) is 0 Å². The molecule has 0 saturated carbocycles. The first-order chi connectivity index (χ1) is 8.27. The van der Waals surface area contributed by atoms with Gasteiger partial charge in [0.1, 0.15) is 0 Å². The van der Waals surface area contributed by atoms with Crippen LogP contribution in [0.2, 0.25) is 0 Å². The third-order valence-electron chi connectivity index (χ3n) is 3.25. The van der Waals surface area contributed by atoms with Crippen molar-refractivity contribution < 1.29 is 0 Å². The minimum absolute atomic E-state index is 0.407. The van der Waals surface area contributed by atoms with E-state index in [0.29, 0.717) is 6.04 Å². The summed E-state index contributed by atoms with van der Waals surface area (Å²) in [6.07, 6.45) is 2.84. The zero-order chi connectivity index (χ0) is 11.8. The molecule has 1 aromatic heterocycles. The van der Waals surface area contributed by atoms with Crippen LogP contribution in [0.15, 0.2) is 42.6 Å². The molecule has 86 valence electrons. The fraction of sp³-hybridized carbons (Fsp3) is 0.214. The molecule has 3 heteroatoms. The first-order valence-electron chi connectivity index (χ1n) is 5.85. The van der Waals surface area contributed by atoms with Crippen LogP contribution in [0.4, 0.5) is 17.2 Å². The number of rotatable bonds is 1. The Labute approximate surface area is 101 Å². The average Bonchev–Trinajstić information content (AvgIpc) is 2.66. The van der Waals surface area contributed by atoms with Crippen LogP contribution in [-0.2, 0) is 6.42 Å². The van der Waals surface area contributed by atoms with Gasteiger partial charge in [-0.05, 0) is 37.1 Å². The molecule has 0 aliphatic carbocycles. The van der Waals surface area contributed by atoms with Crippen molar-refractivity contribution in [2.75, 3.05) is 10.6 Å². The lowest BCUT2D eigenvalue weighted by molar-refractivity contribution is 0.751. The average molecular weight is 225 g/mol. The van der Waals surface area contributed by atoms with Crippen LogP contribution in [0, 0.1) is 0 Å². The number of nitrogens with zero attached hydrogens (tertiary/aromatic N) is 2. The second-order valence-electron chi connectivity index (χ2n) is 4.47. The van der Waals surface area contributed by atoms with E-state index < -0.39 is 0 Å². The molecule has 0 radical (unpaired) electrons. The van der Waals surface area contributed by atoms with Crippen molar-refractivity contribution in [2.24, 2.45) is 0 Å². The zero-order valence-corrected chi connectivity index (χ0v) is 9.80. The smallest absolute Gasteiger partial charge is 0.156 e. The summed E-state index contributed by atoms with van der Waals surface area (Å²) in [6.45, 7) is 2.20. The monoisotopic (exact) mass is 225 g/mol. The maximum Gasteiger partial charge on any atom is 0.156 e. The molecular weight excluding hydrogens is 210 g/mol. The Morgan fingerprint density at radius 1 is 1.24 bits per heavy atom. The van der Waals surface area contributed by atoms with E-state index in [4.69, 9.17) is 5.73 Å². The highest BCUT2D eigenvalue weighted by Crippen LogP contribution is 2.38. The van der Waals surface area contributed by atoms with Crippen LogP contribution in [0.25, 0.3) is 0 Å². The molecule has 2 heterocycles. The zero-order valence-electron chi connectivity index (χ0n) is 9.80. The van der Waals surface area contributed by atoms with Gasteiger partial charge in [-0.2, -0.15) is 0 Å². The largest absolute Gasteiger partial charge is 0.396 e. The summed E-state index contributed by atoms with van der Waals surface area (Å²) in [4.78, 5) is 6.64. The molecule has 1 aliphatic heterocycles. The summed E-state index contributed by atoms with van der Waals surface area (Å²) in [5.41, 5.74) is 9.34. The fourth-order valence-corrected chi connectivity index (χ4v) is 2.50. The first-order valence-corrected chi connectivity index (χ1v) is 5.85. The molecule has 0 fully saturated rings. The third kappa shape index (κ3) is 1.55. The number of aromatic nitrogens is 1. The van der Waals surface area contributed by atoms with Crippen molar-refractivity contribution in [1.82, 2.24) is 4.98 Å². The summed E-state index contributed by atoms with van der Waals surface area (Å²) >= 11 is 0. The molecular formula is C14H15N3. The number of nitrogens with two attached hydrogens (primary N) is 1. The Kier molecular flexibility index (Phi) is 2.25. The predicted molar refractivity (Wildman–Crippen MR) is 70.4 cm³/mol. The molecule has 0 amide bonds. The number of benzene rings is 1. The Hall–Kier alpha value is -2.03. The molecule has 2 N–H and O–H groups in total. The van der Waals surface area contributed by atoms with E-state index in [1.165, 1.54) is 11.3 Å². The Morgan fingerprint density at radius 3 is 2.88 bits per heavy atom. The summed E-state index contributed by atoms with van der Waals surface area (Å²) in [5, 5.41) is 0. The molecule has 1 aliphatic rings.